The lowest BCUT2D eigenvalue weighted by molar-refractivity contribution is 0.295. The van der Waals surface area contributed by atoms with Crippen LogP contribution in [-0.2, 0) is 5.54 Å². The van der Waals surface area contributed by atoms with E-state index in [4.69, 9.17) is 17.3 Å². The molecule has 0 spiro atoms. The van der Waals surface area contributed by atoms with Crippen LogP contribution in [0.2, 0.25) is 5.15 Å². The van der Waals surface area contributed by atoms with Gasteiger partial charge in [-0.15, -0.1) is 0 Å². The van der Waals surface area contributed by atoms with Crippen LogP contribution < -0.4 is 5.73 Å². The quantitative estimate of drug-likeness (QED) is 0.724. The predicted molar refractivity (Wildman–Crippen MR) is 58.2 cm³/mol. The Kier molecular flexibility index (Phi) is 2.75. The van der Waals surface area contributed by atoms with Crippen molar-refractivity contribution in [2.75, 3.05) is 0 Å². The second-order valence-electron chi connectivity index (χ2n) is 4.06. The predicted octanol–water partition coefficient (Wildman–Crippen LogP) is 2.85. The maximum atomic E-state index is 6.33. The summed E-state index contributed by atoms with van der Waals surface area (Å²) in [7, 11) is 0. The van der Waals surface area contributed by atoms with Crippen LogP contribution in [0.5, 0.6) is 0 Å². The maximum absolute atomic E-state index is 6.33. The van der Waals surface area contributed by atoms with Crippen molar-refractivity contribution in [3.8, 4) is 0 Å². The standard InChI is InChI=1S/C11H15ClN2/c12-10-6-4-5-9(14-10)11(13)7-2-1-3-8-11/h4-6H,1-3,7-8,13H2. The first-order chi connectivity index (χ1) is 6.71. The average Bonchev–Trinajstić information content (AvgIpc) is 2.19. The molecule has 2 rings (SSSR count). The van der Waals surface area contributed by atoms with Crippen LogP contribution >= 0.6 is 11.6 Å². The Morgan fingerprint density at radius 2 is 1.93 bits per heavy atom. The summed E-state index contributed by atoms with van der Waals surface area (Å²) in [6, 6.07) is 5.70. The van der Waals surface area contributed by atoms with Gasteiger partial charge in [-0.05, 0) is 25.0 Å². The highest BCUT2D eigenvalue weighted by Crippen LogP contribution is 2.33. The highest BCUT2D eigenvalue weighted by Gasteiger charge is 2.30. The molecule has 1 aliphatic rings. The van der Waals surface area contributed by atoms with Crippen LogP contribution in [0.1, 0.15) is 37.8 Å². The van der Waals surface area contributed by atoms with Gasteiger partial charge in [-0.2, -0.15) is 0 Å². The minimum atomic E-state index is -0.233. The molecule has 1 fully saturated rings. The lowest BCUT2D eigenvalue weighted by Crippen LogP contribution is -2.39. The van der Waals surface area contributed by atoms with Crippen molar-refractivity contribution in [1.82, 2.24) is 4.98 Å². The van der Waals surface area contributed by atoms with Crippen molar-refractivity contribution in [3.63, 3.8) is 0 Å². The normalized spacial score (nSPS) is 20.7. The molecule has 3 heteroatoms. The van der Waals surface area contributed by atoms with Crippen LogP contribution in [0.4, 0.5) is 0 Å². The van der Waals surface area contributed by atoms with Gasteiger partial charge in [0.2, 0.25) is 0 Å². The Hall–Kier alpha value is -0.600. The number of aromatic nitrogens is 1. The molecule has 0 amide bonds. The smallest absolute Gasteiger partial charge is 0.129 e. The fourth-order valence-corrected chi connectivity index (χ4v) is 2.29. The Labute approximate surface area is 89.5 Å². The molecule has 0 unspecified atom stereocenters. The van der Waals surface area contributed by atoms with Crippen LogP contribution in [0, 0.1) is 0 Å². The van der Waals surface area contributed by atoms with E-state index >= 15 is 0 Å². The number of nitrogens with two attached hydrogens (primary N) is 1. The van der Waals surface area contributed by atoms with E-state index in [1.165, 1.54) is 19.3 Å². The first-order valence-electron chi connectivity index (χ1n) is 5.13. The number of hydrogen-bond donors (Lipinski definition) is 1. The lowest BCUT2D eigenvalue weighted by atomic mass is 9.80. The van der Waals surface area contributed by atoms with Gasteiger partial charge in [0.1, 0.15) is 5.15 Å². The van der Waals surface area contributed by atoms with Crippen molar-refractivity contribution in [3.05, 3.63) is 29.0 Å². The van der Waals surface area contributed by atoms with Gasteiger partial charge in [-0.25, -0.2) is 4.98 Å². The van der Waals surface area contributed by atoms with E-state index in [0.29, 0.717) is 5.15 Å². The van der Waals surface area contributed by atoms with Crippen molar-refractivity contribution >= 4 is 11.6 Å². The van der Waals surface area contributed by atoms with Crippen molar-refractivity contribution < 1.29 is 0 Å². The summed E-state index contributed by atoms with van der Waals surface area (Å²) < 4.78 is 0. The van der Waals surface area contributed by atoms with Crippen LogP contribution in [0.25, 0.3) is 0 Å². The minimum absolute atomic E-state index is 0.233. The van der Waals surface area contributed by atoms with Gasteiger partial charge in [-0.1, -0.05) is 36.9 Å². The number of nitrogens with zero attached hydrogens (tertiary/aromatic N) is 1. The Morgan fingerprint density at radius 1 is 1.21 bits per heavy atom. The van der Waals surface area contributed by atoms with E-state index in [0.717, 1.165) is 18.5 Å². The molecule has 1 aromatic rings. The molecule has 0 saturated heterocycles. The molecular formula is C11H15ClN2. The zero-order valence-electron chi connectivity index (χ0n) is 8.17. The highest BCUT2D eigenvalue weighted by atomic mass is 35.5. The molecule has 2 nitrogen and oxygen atoms in total. The largest absolute Gasteiger partial charge is 0.320 e. The van der Waals surface area contributed by atoms with Gasteiger partial charge in [0, 0.05) is 0 Å². The SMILES string of the molecule is NC1(c2cccc(Cl)n2)CCCCC1. The van der Waals surface area contributed by atoms with Crippen molar-refractivity contribution in [2.45, 2.75) is 37.6 Å². The van der Waals surface area contributed by atoms with Crippen LogP contribution in [0.3, 0.4) is 0 Å². The molecule has 76 valence electrons. The molecule has 1 aliphatic carbocycles. The van der Waals surface area contributed by atoms with E-state index in [1.807, 2.05) is 12.1 Å². The van der Waals surface area contributed by atoms with E-state index in [9.17, 15) is 0 Å². The Balaban J connectivity index is 2.28. The second-order valence-corrected chi connectivity index (χ2v) is 4.45. The number of halogens is 1. The number of rotatable bonds is 1. The van der Waals surface area contributed by atoms with E-state index < -0.39 is 0 Å². The second kappa shape index (κ2) is 3.87. The summed E-state index contributed by atoms with van der Waals surface area (Å²) in [5.41, 5.74) is 7.04. The van der Waals surface area contributed by atoms with Crippen LogP contribution in [-0.4, -0.2) is 4.98 Å². The highest BCUT2D eigenvalue weighted by molar-refractivity contribution is 6.29. The summed E-state index contributed by atoms with van der Waals surface area (Å²) in [5.74, 6) is 0. The molecule has 0 atom stereocenters. The zero-order chi connectivity index (χ0) is 10.0. The van der Waals surface area contributed by atoms with Gasteiger partial charge in [0.15, 0.2) is 0 Å². The van der Waals surface area contributed by atoms with Crippen molar-refractivity contribution in [2.24, 2.45) is 5.73 Å². The molecular weight excluding hydrogens is 196 g/mol. The average molecular weight is 211 g/mol. The summed E-state index contributed by atoms with van der Waals surface area (Å²) in [6.45, 7) is 0. The van der Waals surface area contributed by atoms with Gasteiger partial charge < -0.3 is 5.73 Å². The fourth-order valence-electron chi connectivity index (χ4n) is 2.12. The maximum Gasteiger partial charge on any atom is 0.129 e. The third-order valence-corrected chi connectivity index (χ3v) is 3.18. The third kappa shape index (κ3) is 1.91. The van der Waals surface area contributed by atoms with Gasteiger partial charge in [-0.3, -0.25) is 0 Å². The minimum Gasteiger partial charge on any atom is -0.320 e. The summed E-state index contributed by atoms with van der Waals surface area (Å²) in [6.07, 6.45) is 5.75. The van der Waals surface area contributed by atoms with E-state index in [2.05, 4.69) is 4.98 Å². The zero-order valence-corrected chi connectivity index (χ0v) is 8.93. The molecule has 1 saturated carbocycles. The van der Waals surface area contributed by atoms with Crippen molar-refractivity contribution in [1.29, 1.82) is 0 Å². The monoisotopic (exact) mass is 210 g/mol. The molecule has 14 heavy (non-hydrogen) atoms. The lowest BCUT2D eigenvalue weighted by Gasteiger charge is -2.32. The summed E-state index contributed by atoms with van der Waals surface area (Å²) >= 11 is 5.86. The first-order valence-corrected chi connectivity index (χ1v) is 5.50. The molecule has 2 N–H and O–H groups in total. The number of hydrogen-bond acceptors (Lipinski definition) is 2. The topological polar surface area (TPSA) is 38.9 Å². The van der Waals surface area contributed by atoms with E-state index in [-0.39, 0.29) is 5.54 Å². The van der Waals surface area contributed by atoms with E-state index in [1.54, 1.807) is 6.07 Å². The fraction of sp³-hybridized carbons (Fsp3) is 0.545. The third-order valence-electron chi connectivity index (χ3n) is 2.97. The van der Waals surface area contributed by atoms with Crippen LogP contribution in [0.15, 0.2) is 18.2 Å². The molecule has 0 aromatic carbocycles. The molecule has 1 heterocycles. The molecule has 0 bridgehead atoms. The molecule has 1 aromatic heterocycles. The molecule has 0 radical (unpaired) electrons. The summed E-state index contributed by atoms with van der Waals surface area (Å²) in [5, 5.41) is 0.540. The van der Waals surface area contributed by atoms with Gasteiger partial charge >= 0.3 is 0 Å². The Morgan fingerprint density at radius 3 is 2.57 bits per heavy atom. The first kappa shape index (κ1) is 9.94. The summed E-state index contributed by atoms with van der Waals surface area (Å²) in [4.78, 5) is 4.31. The van der Waals surface area contributed by atoms with Gasteiger partial charge in [0.05, 0.1) is 11.2 Å². The molecule has 0 aliphatic heterocycles. The Bertz CT molecular complexity index is 319. The van der Waals surface area contributed by atoms with Gasteiger partial charge in [0.25, 0.3) is 0 Å². The number of pyridine rings is 1.